The molecule has 5 aromatic rings. The molecule has 0 unspecified atom stereocenters. The largest absolute Gasteiger partial charge is 1.00 e. The van der Waals surface area contributed by atoms with E-state index in [0.29, 0.717) is 0 Å². The van der Waals surface area contributed by atoms with E-state index in [1.165, 1.54) is 46.5 Å². The predicted molar refractivity (Wildman–Crippen MR) is 168 cm³/mol. The number of benzene rings is 3. The molecule has 5 rings (SSSR count). The second-order valence-electron chi connectivity index (χ2n) is 8.99. The highest BCUT2D eigenvalue weighted by molar-refractivity contribution is 9.10. The lowest BCUT2D eigenvalue weighted by molar-refractivity contribution is -0.671. The summed E-state index contributed by atoms with van der Waals surface area (Å²) in [7, 11) is -0.253. The van der Waals surface area contributed by atoms with Crippen LogP contribution in [0.25, 0.3) is 24.3 Å². The third kappa shape index (κ3) is 13.5. The molecule has 0 amide bonds. The van der Waals surface area contributed by atoms with Gasteiger partial charge in [-0.05, 0) is 46.5 Å². The van der Waals surface area contributed by atoms with Gasteiger partial charge in [0, 0.05) is 28.7 Å². The molecule has 3 aromatic carbocycles. The van der Waals surface area contributed by atoms with Gasteiger partial charge in [-0.1, -0.05) is 101 Å². The van der Waals surface area contributed by atoms with Crippen LogP contribution in [0.2, 0.25) is 0 Å². The van der Waals surface area contributed by atoms with Gasteiger partial charge in [0.05, 0.1) is 4.90 Å². The molecule has 0 saturated heterocycles. The smallest absolute Gasteiger partial charge is 0.169 e. The zero-order valence-electron chi connectivity index (χ0n) is 23.3. The summed E-state index contributed by atoms with van der Waals surface area (Å²) < 4.78 is 35.9. The van der Waals surface area contributed by atoms with Crippen LogP contribution in [0.1, 0.15) is 22.3 Å². The standard InChI is InChI=1S/2C14H14N.C6H5BrO3S.HI/c2*1-15-11-9-14(10-12-15)8-7-13-5-3-2-4-6-13;7-5-1-3-6(4-2-5)11(8,9)10;/h2*2-12H,1H3;1-4H,(H,8,9,10);1H/q2*+1;;/p-2/b2*8-7+;;. The molecular formula is C34H32BrIN2O3S. The minimum absolute atomic E-state index is 0. The fraction of sp³-hybridized carbons (Fsp3) is 0.0588. The average molecular weight is 756 g/mol. The highest BCUT2D eigenvalue weighted by Crippen LogP contribution is 2.13. The Hall–Kier alpha value is -3.44. The lowest BCUT2D eigenvalue weighted by Gasteiger charge is -2.05. The molecule has 2 heterocycles. The molecule has 0 bridgehead atoms. The predicted octanol–water partition coefficient (Wildman–Crippen LogP) is 3.72. The molecule has 0 saturated carbocycles. The highest BCUT2D eigenvalue weighted by atomic mass is 127. The Balaban J connectivity index is 0.000000221. The van der Waals surface area contributed by atoms with Gasteiger partial charge in [0.25, 0.3) is 0 Å². The molecule has 2 aromatic heterocycles. The summed E-state index contributed by atoms with van der Waals surface area (Å²) in [6.07, 6.45) is 16.7. The topological polar surface area (TPSA) is 65.0 Å². The van der Waals surface area contributed by atoms with Gasteiger partial charge in [-0.2, -0.15) is 0 Å². The van der Waals surface area contributed by atoms with Crippen molar-refractivity contribution in [1.29, 1.82) is 0 Å². The summed E-state index contributed by atoms with van der Waals surface area (Å²) in [5.41, 5.74) is 4.89. The molecular weight excluding hydrogens is 723 g/mol. The molecule has 0 atom stereocenters. The number of pyridine rings is 2. The molecule has 5 nitrogen and oxygen atoms in total. The van der Waals surface area contributed by atoms with Crippen LogP contribution in [-0.4, -0.2) is 13.0 Å². The molecule has 0 radical (unpaired) electrons. The number of nitrogens with zero attached hydrogens (tertiary/aromatic N) is 2. The zero-order chi connectivity index (χ0) is 29.5. The van der Waals surface area contributed by atoms with Crippen LogP contribution in [0.4, 0.5) is 0 Å². The zero-order valence-corrected chi connectivity index (χ0v) is 27.9. The van der Waals surface area contributed by atoms with Gasteiger partial charge in [0.2, 0.25) is 0 Å². The van der Waals surface area contributed by atoms with E-state index >= 15 is 0 Å². The summed E-state index contributed by atoms with van der Waals surface area (Å²) >= 11 is 3.12. The van der Waals surface area contributed by atoms with Crippen LogP contribution in [0.15, 0.2) is 143 Å². The van der Waals surface area contributed by atoms with E-state index in [2.05, 4.69) is 88.8 Å². The first-order valence-electron chi connectivity index (χ1n) is 12.8. The molecule has 0 aliphatic rings. The second-order valence-corrected chi connectivity index (χ2v) is 11.3. The molecule has 42 heavy (non-hydrogen) atoms. The molecule has 216 valence electrons. The highest BCUT2D eigenvalue weighted by Gasteiger charge is 1.98. The molecule has 0 N–H and O–H groups in total. The van der Waals surface area contributed by atoms with Crippen LogP contribution < -0.4 is 33.1 Å². The van der Waals surface area contributed by atoms with Crippen LogP contribution >= 0.6 is 15.9 Å². The molecule has 0 aliphatic heterocycles. The first-order chi connectivity index (χ1) is 19.7. The third-order valence-corrected chi connectivity index (χ3v) is 7.02. The maximum atomic E-state index is 10.4. The second kappa shape index (κ2) is 18.2. The first-order valence-corrected chi connectivity index (χ1v) is 15.0. The van der Waals surface area contributed by atoms with Crippen molar-refractivity contribution in [2.24, 2.45) is 14.1 Å². The minimum atomic E-state index is -4.29. The maximum absolute atomic E-state index is 10.4. The average Bonchev–Trinajstić information content (AvgIpc) is 2.98. The number of hydrogen-bond donors (Lipinski definition) is 0. The fourth-order valence-corrected chi connectivity index (χ4v) is 4.10. The van der Waals surface area contributed by atoms with Crippen molar-refractivity contribution < 1.29 is 46.1 Å². The summed E-state index contributed by atoms with van der Waals surface area (Å²) in [5, 5.41) is 0. The van der Waals surface area contributed by atoms with Crippen LogP contribution in [0.5, 0.6) is 0 Å². The van der Waals surface area contributed by atoms with Crippen LogP contribution in [-0.2, 0) is 24.2 Å². The number of hydrogen-bond acceptors (Lipinski definition) is 3. The van der Waals surface area contributed by atoms with Gasteiger partial charge < -0.3 is 28.5 Å². The number of aryl methyl sites for hydroxylation is 2. The number of aromatic nitrogens is 2. The molecule has 0 fully saturated rings. The van der Waals surface area contributed by atoms with Gasteiger partial charge >= 0.3 is 0 Å². The minimum Gasteiger partial charge on any atom is -1.00 e. The van der Waals surface area contributed by atoms with Crippen LogP contribution in [0.3, 0.4) is 0 Å². The SMILES string of the molecule is C[n+]1ccc(/C=C/c2ccccc2)cc1.C[n+]1ccc(/C=C/c2ccccc2)cc1.O=S(=O)([O-])c1ccc(Br)cc1.[I-]. The van der Waals surface area contributed by atoms with Gasteiger partial charge in [-0.15, -0.1) is 0 Å². The molecule has 8 heteroatoms. The quantitative estimate of drug-likeness (QED) is 0.156. The van der Waals surface area contributed by atoms with E-state index in [4.69, 9.17) is 0 Å². The van der Waals surface area contributed by atoms with Crippen LogP contribution in [0, 0.1) is 0 Å². The Kier molecular flexibility index (Phi) is 15.0. The summed E-state index contributed by atoms with van der Waals surface area (Å²) in [6.45, 7) is 0. The van der Waals surface area contributed by atoms with E-state index in [0.717, 1.165) is 4.47 Å². The van der Waals surface area contributed by atoms with Gasteiger partial charge in [0.15, 0.2) is 24.8 Å². The first kappa shape index (κ1) is 34.8. The molecule has 0 aliphatic carbocycles. The maximum Gasteiger partial charge on any atom is 0.169 e. The number of rotatable bonds is 5. The Morgan fingerprint density at radius 2 is 0.857 bits per heavy atom. The fourth-order valence-electron chi connectivity index (χ4n) is 3.36. The third-order valence-electron chi connectivity index (χ3n) is 5.65. The van der Waals surface area contributed by atoms with Crippen molar-refractivity contribution in [3.05, 3.63) is 161 Å². The van der Waals surface area contributed by atoms with Crippen molar-refractivity contribution in [3.8, 4) is 0 Å². The van der Waals surface area contributed by atoms with Crippen molar-refractivity contribution in [2.75, 3.05) is 0 Å². The van der Waals surface area contributed by atoms with Crippen molar-refractivity contribution >= 4 is 50.4 Å². The summed E-state index contributed by atoms with van der Waals surface area (Å²) in [5.74, 6) is 0. The monoisotopic (exact) mass is 754 g/mol. The summed E-state index contributed by atoms with van der Waals surface area (Å²) in [6, 6.07) is 34.5. The van der Waals surface area contributed by atoms with Gasteiger partial charge in [-0.3, -0.25) is 0 Å². The van der Waals surface area contributed by atoms with Gasteiger partial charge in [0.1, 0.15) is 24.2 Å². The Labute approximate surface area is 274 Å². The Morgan fingerprint density at radius 3 is 1.17 bits per heavy atom. The van der Waals surface area contributed by atoms with Crippen molar-refractivity contribution in [2.45, 2.75) is 4.90 Å². The van der Waals surface area contributed by atoms with E-state index < -0.39 is 10.1 Å². The molecule has 0 spiro atoms. The summed E-state index contributed by atoms with van der Waals surface area (Å²) in [4.78, 5) is -0.208. The van der Waals surface area contributed by atoms with Crippen molar-refractivity contribution in [3.63, 3.8) is 0 Å². The van der Waals surface area contributed by atoms with E-state index in [1.54, 1.807) is 0 Å². The normalized spacial score (nSPS) is 10.7. The van der Waals surface area contributed by atoms with E-state index in [9.17, 15) is 13.0 Å². The van der Waals surface area contributed by atoms with Crippen molar-refractivity contribution in [1.82, 2.24) is 0 Å². The lowest BCUT2D eigenvalue weighted by atomic mass is 10.1. The Morgan fingerprint density at radius 1 is 0.548 bits per heavy atom. The van der Waals surface area contributed by atoms with E-state index in [1.807, 2.05) is 84.4 Å². The Bertz CT molecular complexity index is 1550. The number of halogens is 2. The lowest BCUT2D eigenvalue weighted by Crippen LogP contribution is -3.00. The van der Waals surface area contributed by atoms with E-state index in [-0.39, 0.29) is 28.9 Å². The van der Waals surface area contributed by atoms with Gasteiger partial charge in [-0.25, -0.2) is 17.6 Å².